The number of unbranched alkanes of at least 4 members (excludes halogenated alkanes) is 4. The average Bonchev–Trinajstić information content (AvgIpc) is 2.15. The molecule has 1 nitrogen and oxygen atoms in total. The highest BCUT2D eigenvalue weighted by atomic mass is 14.8. The zero-order valence-electron chi connectivity index (χ0n) is 10.1. The van der Waals surface area contributed by atoms with E-state index in [1.165, 1.54) is 63.6 Å². The lowest BCUT2D eigenvalue weighted by molar-refractivity contribution is 0.573. The molecule has 0 aromatic rings. The van der Waals surface area contributed by atoms with Gasteiger partial charge >= 0.3 is 0 Å². The maximum absolute atomic E-state index is 3.91. The predicted molar refractivity (Wildman–Crippen MR) is 65.7 cm³/mol. The Labute approximate surface area is 90.0 Å². The van der Waals surface area contributed by atoms with Gasteiger partial charge in [-0.25, -0.2) is 0 Å². The molecule has 0 amide bonds. The highest BCUT2D eigenvalue weighted by Crippen LogP contribution is 2.08. The Morgan fingerprint density at radius 3 is 2.29 bits per heavy atom. The van der Waals surface area contributed by atoms with Crippen LogP contribution in [0.5, 0.6) is 0 Å². The Hall–Kier alpha value is -0.300. The Morgan fingerprint density at radius 2 is 1.64 bits per heavy atom. The molecule has 0 radical (unpaired) electrons. The molecule has 0 aromatic carbocycles. The van der Waals surface area contributed by atoms with E-state index in [-0.39, 0.29) is 0 Å². The van der Waals surface area contributed by atoms with Crippen molar-refractivity contribution in [3.8, 4) is 0 Å². The molecule has 0 rings (SSSR count). The largest absolute Gasteiger partial charge is 0.317 e. The van der Waals surface area contributed by atoms with Gasteiger partial charge in [0.15, 0.2) is 0 Å². The lowest BCUT2D eigenvalue weighted by Gasteiger charge is -2.03. The third-order valence-electron chi connectivity index (χ3n) is 2.38. The summed E-state index contributed by atoms with van der Waals surface area (Å²) in [5, 5.41) is 3.43. The minimum atomic E-state index is 1.18. The van der Waals surface area contributed by atoms with Gasteiger partial charge in [-0.05, 0) is 45.7 Å². The zero-order chi connectivity index (χ0) is 10.6. The smallest absolute Gasteiger partial charge is 0.00489 e. The summed E-state index contributed by atoms with van der Waals surface area (Å²) in [6.45, 7) is 10.6. The molecule has 0 spiro atoms. The molecule has 0 aromatic heterocycles. The van der Waals surface area contributed by atoms with Gasteiger partial charge in [-0.3, -0.25) is 0 Å². The normalized spacial score (nSPS) is 10.4. The molecular formula is C13H27N. The van der Waals surface area contributed by atoms with E-state index < -0.39 is 0 Å². The lowest BCUT2D eigenvalue weighted by Crippen LogP contribution is -2.15. The molecule has 0 aliphatic carbocycles. The van der Waals surface area contributed by atoms with E-state index in [9.17, 15) is 0 Å². The molecule has 1 heteroatoms. The molecule has 0 bridgehead atoms. The molecule has 0 fully saturated rings. The van der Waals surface area contributed by atoms with Crippen LogP contribution in [0.3, 0.4) is 0 Å². The summed E-state index contributed by atoms with van der Waals surface area (Å²) in [5.41, 5.74) is 1.33. The van der Waals surface area contributed by atoms with Crippen LogP contribution < -0.4 is 5.32 Å². The molecule has 0 aliphatic heterocycles. The first kappa shape index (κ1) is 13.7. The predicted octanol–water partition coefficient (Wildman–Crippen LogP) is 3.90. The van der Waals surface area contributed by atoms with Crippen LogP contribution >= 0.6 is 0 Å². The van der Waals surface area contributed by atoms with Crippen molar-refractivity contribution in [1.29, 1.82) is 0 Å². The van der Waals surface area contributed by atoms with E-state index in [0.29, 0.717) is 0 Å². The van der Waals surface area contributed by atoms with Gasteiger partial charge in [0.25, 0.3) is 0 Å². The molecule has 0 saturated carbocycles. The van der Waals surface area contributed by atoms with Gasteiger partial charge in [-0.1, -0.05) is 31.8 Å². The van der Waals surface area contributed by atoms with Gasteiger partial charge in [0.05, 0.1) is 0 Å². The fraction of sp³-hybridized carbons (Fsp3) is 0.846. The topological polar surface area (TPSA) is 12.0 Å². The Balaban J connectivity index is 2.88. The summed E-state index contributed by atoms with van der Waals surface area (Å²) in [6, 6.07) is 0. The monoisotopic (exact) mass is 197 g/mol. The minimum absolute atomic E-state index is 1.18. The van der Waals surface area contributed by atoms with Crippen LogP contribution in [0.15, 0.2) is 12.2 Å². The second-order valence-corrected chi connectivity index (χ2v) is 4.22. The van der Waals surface area contributed by atoms with Gasteiger partial charge in [0, 0.05) is 0 Å². The standard InChI is InChI=1S/C13H27N/c1-4-11-14-12-9-7-5-6-8-10-13(2)3/h14H,2,4-12H2,1,3H3. The van der Waals surface area contributed by atoms with Crippen molar-refractivity contribution in [2.45, 2.75) is 58.8 Å². The second-order valence-electron chi connectivity index (χ2n) is 4.22. The summed E-state index contributed by atoms with van der Waals surface area (Å²) in [5.74, 6) is 0. The highest BCUT2D eigenvalue weighted by molar-refractivity contribution is 4.86. The maximum atomic E-state index is 3.91. The first-order valence-electron chi connectivity index (χ1n) is 6.12. The first-order chi connectivity index (χ1) is 6.77. The molecular weight excluding hydrogens is 170 g/mol. The summed E-state index contributed by atoms with van der Waals surface area (Å²) in [4.78, 5) is 0. The average molecular weight is 197 g/mol. The Kier molecular flexibility index (Phi) is 10.5. The zero-order valence-corrected chi connectivity index (χ0v) is 10.1. The van der Waals surface area contributed by atoms with E-state index in [2.05, 4.69) is 25.7 Å². The van der Waals surface area contributed by atoms with Gasteiger partial charge in [-0.15, -0.1) is 6.58 Å². The first-order valence-corrected chi connectivity index (χ1v) is 6.12. The van der Waals surface area contributed by atoms with Crippen LogP contribution in [-0.2, 0) is 0 Å². The van der Waals surface area contributed by atoms with Crippen LogP contribution in [0.1, 0.15) is 58.8 Å². The van der Waals surface area contributed by atoms with E-state index in [0.717, 1.165) is 0 Å². The summed E-state index contributed by atoms with van der Waals surface area (Å²) in [7, 11) is 0. The van der Waals surface area contributed by atoms with Crippen molar-refractivity contribution >= 4 is 0 Å². The summed E-state index contributed by atoms with van der Waals surface area (Å²) >= 11 is 0. The van der Waals surface area contributed by atoms with Crippen LogP contribution in [-0.4, -0.2) is 13.1 Å². The molecule has 0 heterocycles. The number of rotatable bonds is 10. The van der Waals surface area contributed by atoms with Crippen molar-refractivity contribution in [1.82, 2.24) is 5.32 Å². The Morgan fingerprint density at radius 1 is 1.00 bits per heavy atom. The SMILES string of the molecule is C=C(C)CCCCCCCNCCC. The molecule has 1 N–H and O–H groups in total. The lowest BCUT2D eigenvalue weighted by atomic mass is 10.1. The third-order valence-corrected chi connectivity index (χ3v) is 2.38. The van der Waals surface area contributed by atoms with Gasteiger partial charge in [-0.2, -0.15) is 0 Å². The molecule has 84 valence electrons. The van der Waals surface area contributed by atoms with E-state index >= 15 is 0 Å². The van der Waals surface area contributed by atoms with Crippen LogP contribution in [0.2, 0.25) is 0 Å². The van der Waals surface area contributed by atoms with Crippen molar-refractivity contribution in [2.24, 2.45) is 0 Å². The third kappa shape index (κ3) is 11.7. The quantitative estimate of drug-likeness (QED) is 0.414. The Bertz CT molecular complexity index is 129. The van der Waals surface area contributed by atoms with E-state index in [1.807, 2.05) is 0 Å². The maximum Gasteiger partial charge on any atom is -0.00489 e. The fourth-order valence-corrected chi connectivity index (χ4v) is 1.51. The van der Waals surface area contributed by atoms with Crippen molar-refractivity contribution in [2.75, 3.05) is 13.1 Å². The van der Waals surface area contributed by atoms with Crippen molar-refractivity contribution < 1.29 is 0 Å². The number of allylic oxidation sites excluding steroid dienone is 1. The van der Waals surface area contributed by atoms with Gasteiger partial charge in [0.1, 0.15) is 0 Å². The van der Waals surface area contributed by atoms with Crippen molar-refractivity contribution in [3.63, 3.8) is 0 Å². The van der Waals surface area contributed by atoms with Crippen LogP contribution in [0.4, 0.5) is 0 Å². The second kappa shape index (κ2) is 10.8. The molecule has 0 aliphatic rings. The minimum Gasteiger partial charge on any atom is -0.317 e. The summed E-state index contributed by atoms with van der Waals surface area (Å²) < 4.78 is 0. The highest BCUT2D eigenvalue weighted by Gasteiger charge is 1.91. The molecule has 0 unspecified atom stereocenters. The summed E-state index contributed by atoms with van der Waals surface area (Å²) in [6.07, 6.45) is 9.28. The van der Waals surface area contributed by atoms with Crippen LogP contribution in [0.25, 0.3) is 0 Å². The van der Waals surface area contributed by atoms with Gasteiger partial charge < -0.3 is 5.32 Å². The molecule has 14 heavy (non-hydrogen) atoms. The molecule has 0 saturated heterocycles. The van der Waals surface area contributed by atoms with E-state index in [4.69, 9.17) is 0 Å². The van der Waals surface area contributed by atoms with Gasteiger partial charge in [0.2, 0.25) is 0 Å². The molecule has 0 atom stereocenters. The number of nitrogens with one attached hydrogen (secondary N) is 1. The van der Waals surface area contributed by atoms with Crippen molar-refractivity contribution in [3.05, 3.63) is 12.2 Å². The number of hydrogen-bond acceptors (Lipinski definition) is 1. The van der Waals surface area contributed by atoms with Crippen LogP contribution in [0, 0.1) is 0 Å². The van der Waals surface area contributed by atoms with E-state index in [1.54, 1.807) is 0 Å². The number of hydrogen-bond donors (Lipinski definition) is 1. The fourth-order valence-electron chi connectivity index (χ4n) is 1.51.